The Labute approximate surface area is 266 Å². The number of hydrogen-bond donors (Lipinski definition) is 0. The van der Waals surface area contributed by atoms with Gasteiger partial charge in [0, 0.05) is 5.97 Å². The van der Waals surface area contributed by atoms with Crippen LogP contribution in [0.4, 0.5) is 0 Å². The molecule has 0 aliphatic heterocycles. The Morgan fingerprint density at radius 3 is 0.571 bits per heavy atom. The first-order valence-corrected chi connectivity index (χ1v) is 20.0. The third kappa shape index (κ3) is 39.5. The minimum atomic E-state index is -0.897. The molecule has 0 aromatic heterocycles. The maximum Gasteiger partial charge on any atom is 0.0414 e. The normalized spacial score (nSPS) is 11.5. The van der Waals surface area contributed by atoms with E-state index in [1.807, 2.05) is 0 Å². The highest BCUT2D eigenvalue weighted by Crippen LogP contribution is 2.17. The average molecular weight is 592 g/mol. The van der Waals surface area contributed by atoms with Gasteiger partial charge in [-0.2, -0.15) is 0 Å². The quantitative estimate of drug-likeness (QED) is 0.0670. The molecule has 0 heterocycles. The molecule has 2 heteroatoms. The smallest absolute Gasteiger partial charge is 0.0414 e. The van der Waals surface area contributed by atoms with Crippen LogP contribution in [0.2, 0.25) is 0 Å². The molecule has 0 bridgehead atoms. The number of unbranched alkanes of at least 4 members (excludes halogenated alkanes) is 36. The number of hydrogen-bond acceptors (Lipinski definition) is 2. The highest BCUT2D eigenvalue weighted by Gasteiger charge is 1.98. The lowest BCUT2D eigenvalue weighted by Crippen LogP contribution is -2.21. The monoisotopic (exact) mass is 592 g/mol. The van der Waals surface area contributed by atoms with Crippen molar-refractivity contribution in [2.45, 2.75) is 251 Å². The predicted octanol–water partition coefficient (Wildman–Crippen LogP) is 13.6. The van der Waals surface area contributed by atoms with Crippen LogP contribution in [-0.4, -0.2) is 5.97 Å². The maximum atomic E-state index is 10.4. The number of carbonyl (C=O) groups excluding carboxylic acids is 1. The summed E-state index contributed by atoms with van der Waals surface area (Å²) < 4.78 is 0. The molecule has 0 atom stereocenters. The second-order valence-electron chi connectivity index (χ2n) is 13.8. The standard InChI is InChI=1S/C40H80O2/c1-2-3-4-5-6-7-8-9-10-11-12-13-14-15-16-17-18-19-20-21-22-23-24-25-26-27-28-29-30-31-32-33-34-35-36-37-38-39-40(41)42/h2-39H2,1H3,(H,41,42)/p-1. The molecule has 0 N–H and O–H groups in total. The Morgan fingerprint density at radius 1 is 0.286 bits per heavy atom. The van der Waals surface area contributed by atoms with Crippen LogP contribution in [0.3, 0.4) is 0 Å². The molecule has 0 spiro atoms. The van der Waals surface area contributed by atoms with Crippen molar-refractivity contribution in [3.05, 3.63) is 0 Å². The van der Waals surface area contributed by atoms with Crippen molar-refractivity contribution >= 4 is 5.97 Å². The Kier molecular flexibility index (Phi) is 38.0. The summed E-state index contributed by atoms with van der Waals surface area (Å²) in [5.41, 5.74) is 0. The highest BCUT2D eigenvalue weighted by atomic mass is 16.4. The molecular formula is C40H79O2-. The van der Waals surface area contributed by atoms with Crippen LogP contribution in [-0.2, 0) is 4.79 Å². The van der Waals surface area contributed by atoms with Crippen LogP contribution in [0.25, 0.3) is 0 Å². The Bertz CT molecular complexity index is 488. The van der Waals surface area contributed by atoms with Gasteiger partial charge in [0.15, 0.2) is 0 Å². The molecule has 0 aliphatic carbocycles. The SMILES string of the molecule is CCCCCCCCCCCCCCCCCCCCCCCCCCCCCCCCCCCCCCCC(=O)[O-]. The summed E-state index contributed by atoms with van der Waals surface area (Å²) >= 11 is 0. The van der Waals surface area contributed by atoms with Gasteiger partial charge in [-0.25, -0.2) is 0 Å². The number of rotatable bonds is 38. The Balaban J connectivity index is 3.03. The van der Waals surface area contributed by atoms with Crippen LogP contribution in [0.15, 0.2) is 0 Å². The molecule has 252 valence electrons. The summed E-state index contributed by atoms with van der Waals surface area (Å²) in [7, 11) is 0. The van der Waals surface area contributed by atoms with Gasteiger partial charge < -0.3 is 9.90 Å². The summed E-state index contributed by atoms with van der Waals surface area (Å²) in [6.07, 6.45) is 52.5. The number of carboxylic acid groups (broad SMARTS) is 1. The lowest BCUT2D eigenvalue weighted by molar-refractivity contribution is -0.305. The molecule has 0 radical (unpaired) electrons. The summed E-state index contributed by atoms with van der Waals surface area (Å²) in [4.78, 5) is 10.4. The first-order chi connectivity index (χ1) is 20.8. The van der Waals surface area contributed by atoms with Gasteiger partial charge in [0.2, 0.25) is 0 Å². The minimum absolute atomic E-state index is 0.236. The number of carbonyl (C=O) groups is 1. The highest BCUT2D eigenvalue weighted by molar-refractivity contribution is 5.64. The maximum absolute atomic E-state index is 10.4. The molecule has 0 aromatic carbocycles. The van der Waals surface area contributed by atoms with Crippen molar-refractivity contribution < 1.29 is 9.90 Å². The number of carboxylic acids is 1. The van der Waals surface area contributed by atoms with E-state index in [4.69, 9.17) is 0 Å². The largest absolute Gasteiger partial charge is 0.550 e. The van der Waals surface area contributed by atoms with Gasteiger partial charge in [0.05, 0.1) is 0 Å². The van der Waals surface area contributed by atoms with Crippen LogP contribution < -0.4 is 5.11 Å². The van der Waals surface area contributed by atoms with Crippen LogP contribution >= 0.6 is 0 Å². The molecule has 0 rings (SSSR count). The molecule has 0 saturated heterocycles. The van der Waals surface area contributed by atoms with Crippen molar-refractivity contribution in [1.82, 2.24) is 0 Å². The second-order valence-corrected chi connectivity index (χ2v) is 13.8. The molecule has 0 fully saturated rings. The molecular weight excluding hydrogens is 512 g/mol. The zero-order valence-corrected chi connectivity index (χ0v) is 29.2. The van der Waals surface area contributed by atoms with E-state index in [9.17, 15) is 9.90 Å². The van der Waals surface area contributed by atoms with Gasteiger partial charge in [0.25, 0.3) is 0 Å². The van der Waals surface area contributed by atoms with Crippen molar-refractivity contribution in [2.24, 2.45) is 0 Å². The summed E-state index contributed by atoms with van der Waals surface area (Å²) in [5, 5.41) is 10.4. The van der Waals surface area contributed by atoms with Crippen molar-refractivity contribution in [3.63, 3.8) is 0 Å². The lowest BCUT2D eigenvalue weighted by atomic mass is 10.0. The van der Waals surface area contributed by atoms with E-state index in [0.29, 0.717) is 0 Å². The summed E-state index contributed by atoms with van der Waals surface area (Å²) in [6, 6.07) is 0. The fraction of sp³-hybridized carbons (Fsp3) is 0.975. The Hall–Kier alpha value is -0.530. The van der Waals surface area contributed by atoms with E-state index in [-0.39, 0.29) is 6.42 Å². The van der Waals surface area contributed by atoms with E-state index >= 15 is 0 Å². The minimum Gasteiger partial charge on any atom is -0.550 e. The van der Waals surface area contributed by atoms with E-state index in [1.54, 1.807) is 0 Å². The van der Waals surface area contributed by atoms with E-state index in [2.05, 4.69) is 6.92 Å². The molecule has 42 heavy (non-hydrogen) atoms. The number of aliphatic carboxylic acids is 1. The van der Waals surface area contributed by atoms with Crippen LogP contribution in [0.1, 0.15) is 251 Å². The van der Waals surface area contributed by atoms with Crippen molar-refractivity contribution in [3.8, 4) is 0 Å². The molecule has 2 nitrogen and oxygen atoms in total. The molecule has 0 aliphatic rings. The van der Waals surface area contributed by atoms with Gasteiger partial charge in [-0.05, 0) is 12.8 Å². The van der Waals surface area contributed by atoms with Crippen LogP contribution in [0.5, 0.6) is 0 Å². The molecule has 0 amide bonds. The average Bonchev–Trinajstić information content (AvgIpc) is 2.98. The zero-order valence-electron chi connectivity index (χ0n) is 29.2. The van der Waals surface area contributed by atoms with Crippen LogP contribution in [0, 0.1) is 0 Å². The van der Waals surface area contributed by atoms with E-state index in [0.717, 1.165) is 12.8 Å². The van der Waals surface area contributed by atoms with Gasteiger partial charge in [-0.15, -0.1) is 0 Å². The van der Waals surface area contributed by atoms with E-state index in [1.165, 1.54) is 225 Å². The first kappa shape index (κ1) is 41.5. The third-order valence-electron chi connectivity index (χ3n) is 9.48. The molecule has 0 saturated carbocycles. The molecule has 0 unspecified atom stereocenters. The van der Waals surface area contributed by atoms with Gasteiger partial charge in [-0.1, -0.05) is 238 Å². The van der Waals surface area contributed by atoms with Crippen molar-refractivity contribution in [1.29, 1.82) is 0 Å². The molecule has 0 aromatic rings. The summed E-state index contributed by atoms with van der Waals surface area (Å²) in [6.45, 7) is 2.30. The van der Waals surface area contributed by atoms with E-state index < -0.39 is 5.97 Å². The van der Waals surface area contributed by atoms with Gasteiger partial charge in [-0.3, -0.25) is 0 Å². The van der Waals surface area contributed by atoms with Gasteiger partial charge in [0.1, 0.15) is 0 Å². The fourth-order valence-corrected chi connectivity index (χ4v) is 6.53. The second kappa shape index (κ2) is 38.5. The lowest BCUT2D eigenvalue weighted by Gasteiger charge is -2.05. The fourth-order valence-electron chi connectivity index (χ4n) is 6.53. The summed E-state index contributed by atoms with van der Waals surface area (Å²) in [5.74, 6) is -0.897. The zero-order chi connectivity index (χ0) is 30.4. The van der Waals surface area contributed by atoms with Gasteiger partial charge >= 0.3 is 0 Å². The predicted molar refractivity (Wildman–Crippen MR) is 186 cm³/mol. The van der Waals surface area contributed by atoms with Crippen molar-refractivity contribution in [2.75, 3.05) is 0 Å². The third-order valence-corrected chi connectivity index (χ3v) is 9.48. The first-order valence-electron chi connectivity index (χ1n) is 20.0. The topological polar surface area (TPSA) is 40.1 Å². The Morgan fingerprint density at radius 2 is 0.429 bits per heavy atom.